The summed E-state index contributed by atoms with van der Waals surface area (Å²) in [7, 11) is 0. The molecule has 1 saturated heterocycles. The summed E-state index contributed by atoms with van der Waals surface area (Å²) in [6.45, 7) is 0.218. The lowest BCUT2D eigenvalue weighted by Gasteiger charge is -2.06. The van der Waals surface area contributed by atoms with Gasteiger partial charge in [0.1, 0.15) is 6.61 Å². The van der Waals surface area contributed by atoms with Gasteiger partial charge >= 0.3 is 5.97 Å². The Kier molecular flexibility index (Phi) is 2.43. The van der Waals surface area contributed by atoms with Gasteiger partial charge in [0.2, 0.25) is 5.91 Å². The Morgan fingerprint density at radius 3 is 3.00 bits per heavy atom. The quantitative estimate of drug-likeness (QED) is 0.473. The normalized spacial score (nSPS) is 23.0. The van der Waals surface area contributed by atoms with Crippen LogP contribution in [0.3, 0.4) is 0 Å². The SMILES string of the molecule is NCC(=O)NC1COC(=O)C1. The van der Waals surface area contributed by atoms with Crippen LogP contribution in [0.5, 0.6) is 0 Å². The van der Waals surface area contributed by atoms with E-state index < -0.39 is 0 Å². The van der Waals surface area contributed by atoms with E-state index in [-0.39, 0.29) is 37.5 Å². The Morgan fingerprint density at radius 1 is 1.82 bits per heavy atom. The average molecular weight is 158 g/mol. The van der Waals surface area contributed by atoms with Crippen molar-refractivity contribution in [2.75, 3.05) is 13.2 Å². The molecule has 1 heterocycles. The third kappa shape index (κ3) is 2.19. The van der Waals surface area contributed by atoms with Crippen molar-refractivity contribution in [2.45, 2.75) is 12.5 Å². The van der Waals surface area contributed by atoms with Crippen LogP contribution in [0.1, 0.15) is 6.42 Å². The van der Waals surface area contributed by atoms with Gasteiger partial charge in [-0.15, -0.1) is 0 Å². The second kappa shape index (κ2) is 3.34. The van der Waals surface area contributed by atoms with Crippen LogP contribution in [0.25, 0.3) is 0 Å². The smallest absolute Gasteiger partial charge is 0.308 e. The summed E-state index contributed by atoms with van der Waals surface area (Å²) in [5.74, 6) is -0.527. The molecule has 1 aliphatic heterocycles. The minimum absolute atomic E-state index is 0.0509. The van der Waals surface area contributed by atoms with Gasteiger partial charge in [0.05, 0.1) is 19.0 Å². The molecule has 1 amide bonds. The standard InChI is InChI=1S/C6H10N2O3/c7-2-5(9)8-4-1-6(10)11-3-4/h4H,1-3,7H2,(H,8,9). The largest absolute Gasteiger partial charge is 0.463 e. The molecule has 0 spiro atoms. The summed E-state index contributed by atoms with van der Waals surface area (Å²) in [4.78, 5) is 21.2. The van der Waals surface area contributed by atoms with Gasteiger partial charge < -0.3 is 15.8 Å². The van der Waals surface area contributed by atoms with Crippen molar-refractivity contribution in [1.29, 1.82) is 0 Å². The van der Waals surface area contributed by atoms with E-state index in [4.69, 9.17) is 5.73 Å². The Hall–Kier alpha value is -1.10. The molecule has 3 N–H and O–H groups in total. The first-order valence-electron chi connectivity index (χ1n) is 3.37. The van der Waals surface area contributed by atoms with E-state index >= 15 is 0 Å². The van der Waals surface area contributed by atoms with Gasteiger partial charge in [-0.05, 0) is 0 Å². The molecule has 1 rings (SSSR count). The minimum Gasteiger partial charge on any atom is -0.463 e. The van der Waals surface area contributed by atoms with Crippen LogP contribution >= 0.6 is 0 Å². The van der Waals surface area contributed by atoms with Crippen LogP contribution in [0.4, 0.5) is 0 Å². The van der Waals surface area contributed by atoms with Gasteiger partial charge in [-0.3, -0.25) is 9.59 Å². The number of amides is 1. The summed E-state index contributed by atoms with van der Waals surface area (Å²) >= 11 is 0. The molecular formula is C6H10N2O3. The van der Waals surface area contributed by atoms with Crippen molar-refractivity contribution in [1.82, 2.24) is 5.32 Å². The third-order valence-corrected chi connectivity index (χ3v) is 1.41. The molecule has 62 valence electrons. The molecule has 0 saturated carbocycles. The summed E-state index contributed by atoms with van der Waals surface area (Å²) in [5.41, 5.74) is 5.05. The van der Waals surface area contributed by atoms with Crippen LogP contribution in [0.15, 0.2) is 0 Å². The fourth-order valence-corrected chi connectivity index (χ4v) is 0.892. The van der Waals surface area contributed by atoms with Crippen LogP contribution < -0.4 is 11.1 Å². The Balaban J connectivity index is 2.28. The summed E-state index contributed by atoms with van der Waals surface area (Å²) in [5, 5.41) is 2.55. The molecule has 0 bridgehead atoms. The monoisotopic (exact) mass is 158 g/mol. The fourth-order valence-electron chi connectivity index (χ4n) is 0.892. The van der Waals surface area contributed by atoms with E-state index in [1.165, 1.54) is 0 Å². The molecular weight excluding hydrogens is 148 g/mol. The number of hydrogen-bond acceptors (Lipinski definition) is 4. The molecule has 1 aliphatic rings. The Morgan fingerprint density at radius 2 is 2.55 bits per heavy atom. The molecule has 1 unspecified atom stereocenters. The number of esters is 1. The predicted molar refractivity (Wildman–Crippen MR) is 36.6 cm³/mol. The number of carbonyl (C=O) groups excluding carboxylic acids is 2. The van der Waals surface area contributed by atoms with E-state index in [0.29, 0.717) is 0 Å². The number of carbonyl (C=O) groups is 2. The van der Waals surface area contributed by atoms with Gasteiger partial charge in [-0.2, -0.15) is 0 Å². The number of hydrogen-bond donors (Lipinski definition) is 2. The molecule has 5 heteroatoms. The summed E-state index contributed by atoms with van der Waals surface area (Å²) in [6.07, 6.45) is 0.256. The number of ether oxygens (including phenoxy) is 1. The molecule has 1 fully saturated rings. The van der Waals surface area contributed by atoms with E-state index in [1.807, 2.05) is 0 Å². The highest BCUT2D eigenvalue weighted by Crippen LogP contribution is 2.04. The lowest BCUT2D eigenvalue weighted by molar-refractivity contribution is -0.138. The predicted octanol–water partition coefficient (Wildman–Crippen LogP) is -1.62. The average Bonchev–Trinajstić information content (AvgIpc) is 2.35. The minimum atomic E-state index is -0.271. The highest BCUT2D eigenvalue weighted by atomic mass is 16.5. The number of nitrogens with two attached hydrogens (primary N) is 1. The molecule has 0 aromatic carbocycles. The maximum atomic E-state index is 10.7. The van der Waals surface area contributed by atoms with E-state index in [2.05, 4.69) is 10.1 Å². The van der Waals surface area contributed by atoms with Gasteiger partial charge in [0, 0.05) is 0 Å². The number of rotatable bonds is 2. The molecule has 5 nitrogen and oxygen atoms in total. The highest BCUT2D eigenvalue weighted by molar-refractivity contribution is 5.80. The molecule has 0 aliphatic carbocycles. The van der Waals surface area contributed by atoms with Gasteiger partial charge in [-0.1, -0.05) is 0 Å². The number of cyclic esters (lactones) is 1. The molecule has 1 atom stereocenters. The zero-order chi connectivity index (χ0) is 8.27. The maximum Gasteiger partial charge on any atom is 0.308 e. The van der Waals surface area contributed by atoms with Crippen molar-refractivity contribution >= 4 is 11.9 Å². The van der Waals surface area contributed by atoms with Gasteiger partial charge in [0.15, 0.2) is 0 Å². The lowest BCUT2D eigenvalue weighted by Crippen LogP contribution is -2.38. The van der Waals surface area contributed by atoms with Gasteiger partial charge in [0.25, 0.3) is 0 Å². The second-order valence-electron chi connectivity index (χ2n) is 2.36. The van der Waals surface area contributed by atoms with Crippen LogP contribution in [-0.2, 0) is 14.3 Å². The first-order valence-corrected chi connectivity index (χ1v) is 3.37. The second-order valence-corrected chi connectivity index (χ2v) is 2.36. The van der Waals surface area contributed by atoms with E-state index in [0.717, 1.165) is 0 Å². The lowest BCUT2D eigenvalue weighted by atomic mass is 10.2. The van der Waals surface area contributed by atoms with Crippen LogP contribution in [0.2, 0.25) is 0 Å². The topological polar surface area (TPSA) is 81.4 Å². The van der Waals surface area contributed by atoms with E-state index in [9.17, 15) is 9.59 Å². The molecule has 0 aromatic rings. The fraction of sp³-hybridized carbons (Fsp3) is 0.667. The molecule has 11 heavy (non-hydrogen) atoms. The van der Waals surface area contributed by atoms with Crippen LogP contribution in [0, 0.1) is 0 Å². The third-order valence-electron chi connectivity index (χ3n) is 1.41. The van der Waals surface area contributed by atoms with Gasteiger partial charge in [-0.25, -0.2) is 0 Å². The van der Waals surface area contributed by atoms with E-state index in [1.54, 1.807) is 0 Å². The van der Waals surface area contributed by atoms with Crippen molar-refractivity contribution < 1.29 is 14.3 Å². The maximum absolute atomic E-state index is 10.7. The summed E-state index contributed by atoms with van der Waals surface area (Å²) < 4.78 is 4.62. The zero-order valence-corrected chi connectivity index (χ0v) is 6.00. The van der Waals surface area contributed by atoms with Crippen molar-refractivity contribution in [3.8, 4) is 0 Å². The van der Waals surface area contributed by atoms with Crippen molar-refractivity contribution in [2.24, 2.45) is 5.73 Å². The molecule has 0 aromatic heterocycles. The molecule has 0 radical (unpaired) electrons. The number of nitrogens with one attached hydrogen (secondary N) is 1. The zero-order valence-electron chi connectivity index (χ0n) is 6.00. The summed E-state index contributed by atoms with van der Waals surface area (Å²) in [6, 6.07) is -0.182. The van der Waals surface area contributed by atoms with Crippen molar-refractivity contribution in [3.05, 3.63) is 0 Å². The van der Waals surface area contributed by atoms with Crippen LogP contribution in [-0.4, -0.2) is 31.1 Å². The first kappa shape index (κ1) is 8.00. The Bertz CT molecular complexity index is 181. The van der Waals surface area contributed by atoms with Crippen molar-refractivity contribution in [3.63, 3.8) is 0 Å². The highest BCUT2D eigenvalue weighted by Gasteiger charge is 2.24. The first-order chi connectivity index (χ1) is 5.22. The Labute approximate surface area is 63.9 Å².